The van der Waals surface area contributed by atoms with Gasteiger partial charge in [0.1, 0.15) is 12.6 Å². The number of carboxylic acid groups (broad SMARTS) is 1. The molecule has 168 valence electrons. The molecule has 1 aliphatic carbocycles. The number of carbonyl (C=O) groups is 3. The number of rotatable bonds is 6. The fourth-order valence-electron chi connectivity index (χ4n) is 4.46. The van der Waals surface area contributed by atoms with Crippen LogP contribution in [0.15, 0.2) is 48.5 Å². The Kier molecular flexibility index (Phi) is 6.41. The summed E-state index contributed by atoms with van der Waals surface area (Å²) in [5.41, 5.74) is 4.32. The van der Waals surface area contributed by atoms with E-state index in [2.05, 4.69) is 5.32 Å². The van der Waals surface area contributed by atoms with E-state index >= 15 is 0 Å². The van der Waals surface area contributed by atoms with Crippen molar-refractivity contribution < 1.29 is 29.3 Å². The monoisotopic (exact) mass is 438 g/mol. The summed E-state index contributed by atoms with van der Waals surface area (Å²) < 4.78 is 5.45. The Balaban J connectivity index is 1.42. The topological polar surface area (TPSA) is 116 Å². The van der Waals surface area contributed by atoms with Gasteiger partial charge in [0.25, 0.3) is 0 Å². The number of carbonyl (C=O) groups excluding carboxylic acids is 2. The van der Waals surface area contributed by atoms with Crippen molar-refractivity contribution in [1.82, 2.24) is 10.2 Å². The molecule has 3 N–H and O–H groups in total. The lowest BCUT2D eigenvalue weighted by molar-refractivity contribution is -0.143. The first-order valence-corrected chi connectivity index (χ1v) is 10.7. The first kappa shape index (κ1) is 21.8. The van der Waals surface area contributed by atoms with E-state index in [1.54, 1.807) is 0 Å². The molecule has 1 atom stereocenters. The van der Waals surface area contributed by atoms with Crippen LogP contribution in [0.1, 0.15) is 36.3 Å². The van der Waals surface area contributed by atoms with Gasteiger partial charge in [0.05, 0.1) is 12.5 Å². The normalized spacial score (nSPS) is 16.7. The predicted molar refractivity (Wildman–Crippen MR) is 116 cm³/mol. The minimum Gasteiger partial charge on any atom is -0.481 e. The number of hydrogen-bond donors (Lipinski definition) is 3. The van der Waals surface area contributed by atoms with Crippen LogP contribution in [-0.2, 0) is 14.3 Å². The highest BCUT2D eigenvalue weighted by atomic mass is 16.5. The number of hydrogen-bond acceptors (Lipinski definition) is 5. The molecule has 8 heteroatoms. The number of aliphatic hydroxyl groups excluding tert-OH is 1. The van der Waals surface area contributed by atoms with Crippen LogP contribution in [0.25, 0.3) is 11.1 Å². The zero-order valence-electron chi connectivity index (χ0n) is 17.6. The molecule has 1 saturated heterocycles. The van der Waals surface area contributed by atoms with Gasteiger partial charge in [-0.25, -0.2) is 4.79 Å². The van der Waals surface area contributed by atoms with Crippen molar-refractivity contribution >= 4 is 18.0 Å². The number of aliphatic hydroxyl groups is 1. The van der Waals surface area contributed by atoms with Gasteiger partial charge in [-0.2, -0.15) is 0 Å². The van der Waals surface area contributed by atoms with E-state index in [0.29, 0.717) is 25.9 Å². The van der Waals surface area contributed by atoms with Crippen molar-refractivity contribution in [1.29, 1.82) is 0 Å². The number of benzene rings is 2. The highest BCUT2D eigenvalue weighted by molar-refractivity contribution is 5.89. The maximum Gasteiger partial charge on any atom is 0.407 e. The highest BCUT2D eigenvalue weighted by Crippen LogP contribution is 2.44. The second-order valence-electron chi connectivity index (χ2n) is 8.18. The third-order valence-electron chi connectivity index (χ3n) is 6.09. The van der Waals surface area contributed by atoms with Crippen molar-refractivity contribution in [2.45, 2.75) is 37.3 Å². The van der Waals surface area contributed by atoms with Crippen LogP contribution in [0.3, 0.4) is 0 Å². The average molecular weight is 438 g/mol. The Morgan fingerprint density at radius 2 is 1.56 bits per heavy atom. The van der Waals surface area contributed by atoms with Crippen LogP contribution in [0.2, 0.25) is 0 Å². The summed E-state index contributed by atoms with van der Waals surface area (Å²) in [5.74, 6) is -1.81. The molecule has 0 unspecified atom stereocenters. The zero-order valence-corrected chi connectivity index (χ0v) is 17.6. The number of likely N-dealkylation sites (tertiary alicyclic amines) is 1. The number of aliphatic carboxylic acids is 1. The number of alkyl carbamates (subject to hydrolysis) is 1. The Bertz CT molecular complexity index is 970. The van der Waals surface area contributed by atoms with Gasteiger partial charge in [0.2, 0.25) is 5.91 Å². The standard InChI is InChI=1S/C24H26N2O6/c27-15-9-11-26(12-10-15)23(30)21(13-22(28)29)25-24(31)32-14-20-18-7-3-1-5-16(18)17-6-2-4-8-19(17)20/h1-8,15,20-21,27H,9-14H2,(H,25,31)(H,28,29)/t21-/m0/s1. The maximum absolute atomic E-state index is 12.8. The van der Waals surface area contributed by atoms with Crippen molar-refractivity contribution in [3.8, 4) is 11.1 Å². The van der Waals surface area contributed by atoms with Gasteiger partial charge in [-0.1, -0.05) is 48.5 Å². The zero-order chi connectivity index (χ0) is 22.7. The second kappa shape index (κ2) is 9.40. The van der Waals surface area contributed by atoms with E-state index in [1.165, 1.54) is 4.90 Å². The Labute approximate surface area is 185 Å². The molecular formula is C24H26N2O6. The van der Waals surface area contributed by atoms with Gasteiger partial charge >= 0.3 is 12.1 Å². The molecule has 2 aromatic carbocycles. The number of piperidine rings is 1. The molecule has 1 aliphatic heterocycles. The fraction of sp³-hybridized carbons (Fsp3) is 0.375. The van der Waals surface area contributed by atoms with Crippen molar-refractivity contribution in [3.63, 3.8) is 0 Å². The Morgan fingerprint density at radius 1 is 1.00 bits per heavy atom. The summed E-state index contributed by atoms with van der Waals surface area (Å²) in [5, 5.41) is 21.3. The number of ether oxygens (including phenoxy) is 1. The lowest BCUT2D eigenvalue weighted by Crippen LogP contribution is -2.52. The van der Waals surface area contributed by atoms with Gasteiger partial charge in [0, 0.05) is 19.0 Å². The molecule has 0 aromatic heterocycles. The molecule has 0 bridgehead atoms. The molecule has 8 nitrogen and oxygen atoms in total. The SMILES string of the molecule is O=C(O)C[C@H](NC(=O)OCC1c2ccccc2-c2ccccc21)C(=O)N1CCC(O)CC1. The van der Waals surface area contributed by atoms with Gasteiger partial charge in [-0.05, 0) is 35.1 Å². The maximum atomic E-state index is 12.8. The number of nitrogens with zero attached hydrogens (tertiary/aromatic N) is 1. The van der Waals surface area contributed by atoms with Crippen LogP contribution < -0.4 is 5.32 Å². The Morgan fingerprint density at radius 3 is 2.12 bits per heavy atom. The van der Waals surface area contributed by atoms with Gasteiger partial charge in [-0.3, -0.25) is 9.59 Å². The average Bonchev–Trinajstić information content (AvgIpc) is 3.11. The van der Waals surface area contributed by atoms with Crippen molar-refractivity contribution in [2.24, 2.45) is 0 Å². The molecule has 1 fully saturated rings. The molecule has 4 rings (SSSR count). The molecule has 2 aromatic rings. The fourth-order valence-corrected chi connectivity index (χ4v) is 4.46. The third-order valence-corrected chi connectivity index (χ3v) is 6.09. The van der Waals surface area contributed by atoms with Gasteiger partial charge in [-0.15, -0.1) is 0 Å². The molecule has 0 spiro atoms. The number of fused-ring (bicyclic) bond motifs is 3. The van der Waals surface area contributed by atoms with Crippen LogP contribution in [0.4, 0.5) is 4.79 Å². The summed E-state index contributed by atoms with van der Waals surface area (Å²) in [6.45, 7) is 0.717. The summed E-state index contributed by atoms with van der Waals surface area (Å²) in [6.07, 6.45) is -0.981. The molecule has 1 heterocycles. The quantitative estimate of drug-likeness (QED) is 0.638. The Hall–Kier alpha value is -3.39. The summed E-state index contributed by atoms with van der Waals surface area (Å²) >= 11 is 0. The van der Waals surface area contributed by atoms with Crippen molar-refractivity contribution in [3.05, 3.63) is 59.7 Å². The molecule has 2 aliphatic rings. The van der Waals surface area contributed by atoms with Gasteiger partial charge in [0.15, 0.2) is 0 Å². The summed E-state index contributed by atoms with van der Waals surface area (Å²) in [6, 6.07) is 14.7. The number of carboxylic acids is 1. The van der Waals surface area contributed by atoms with Crippen LogP contribution in [0.5, 0.6) is 0 Å². The first-order chi connectivity index (χ1) is 15.4. The van der Waals surface area contributed by atoms with Gasteiger partial charge < -0.3 is 25.2 Å². The van der Waals surface area contributed by atoms with E-state index in [0.717, 1.165) is 22.3 Å². The minimum atomic E-state index is -1.22. The van der Waals surface area contributed by atoms with E-state index in [-0.39, 0.29) is 12.5 Å². The van der Waals surface area contributed by atoms with E-state index in [1.807, 2.05) is 48.5 Å². The predicted octanol–water partition coefficient (Wildman–Crippen LogP) is 2.35. The van der Waals surface area contributed by atoms with Crippen LogP contribution >= 0.6 is 0 Å². The molecule has 0 radical (unpaired) electrons. The number of nitrogens with one attached hydrogen (secondary N) is 1. The first-order valence-electron chi connectivity index (χ1n) is 10.7. The molecule has 0 saturated carbocycles. The lowest BCUT2D eigenvalue weighted by atomic mass is 9.98. The van der Waals surface area contributed by atoms with Crippen molar-refractivity contribution in [2.75, 3.05) is 19.7 Å². The minimum absolute atomic E-state index is 0.0732. The summed E-state index contributed by atoms with van der Waals surface area (Å²) in [4.78, 5) is 38.0. The molecular weight excluding hydrogens is 412 g/mol. The van der Waals surface area contributed by atoms with E-state index in [9.17, 15) is 24.6 Å². The lowest BCUT2D eigenvalue weighted by Gasteiger charge is -2.32. The molecule has 2 amide bonds. The summed E-state index contributed by atoms with van der Waals surface area (Å²) in [7, 11) is 0. The second-order valence-corrected chi connectivity index (χ2v) is 8.18. The largest absolute Gasteiger partial charge is 0.481 e. The van der Waals surface area contributed by atoms with E-state index in [4.69, 9.17) is 4.74 Å². The van der Waals surface area contributed by atoms with Crippen LogP contribution in [0, 0.1) is 0 Å². The smallest absolute Gasteiger partial charge is 0.407 e. The highest BCUT2D eigenvalue weighted by Gasteiger charge is 2.32. The molecule has 32 heavy (non-hydrogen) atoms. The third kappa shape index (κ3) is 4.60. The van der Waals surface area contributed by atoms with E-state index < -0.39 is 36.5 Å². The number of amides is 2. The van der Waals surface area contributed by atoms with Crippen LogP contribution in [-0.4, -0.2) is 64.9 Å².